The molecule has 39 heavy (non-hydrogen) atoms. The van der Waals surface area contributed by atoms with Crippen molar-refractivity contribution >= 4 is 0 Å². The lowest BCUT2D eigenvalue weighted by molar-refractivity contribution is -0.0582. The molecule has 0 aromatic rings. The molecule has 3 aliphatic rings. The molecule has 6 heteroatoms. The molecular formula is C33H53F3O3. The van der Waals surface area contributed by atoms with Gasteiger partial charge in [0.05, 0.1) is 18.3 Å². The molecule has 0 heterocycles. The minimum absolute atomic E-state index is 0.0296. The molecule has 0 aromatic carbocycles. The van der Waals surface area contributed by atoms with Gasteiger partial charge in [0, 0.05) is 19.6 Å². The number of halogens is 3. The Morgan fingerprint density at radius 3 is 2.26 bits per heavy atom. The normalized spacial score (nSPS) is 33.9. The van der Waals surface area contributed by atoms with Crippen LogP contribution in [0.5, 0.6) is 0 Å². The minimum Gasteiger partial charge on any atom is -0.393 e. The van der Waals surface area contributed by atoms with Gasteiger partial charge in [0.1, 0.15) is 12.0 Å². The maximum absolute atomic E-state index is 15.4. The first-order chi connectivity index (χ1) is 18.9. The molecule has 224 valence electrons. The Bertz CT molecular complexity index is 781. The van der Waals surface area contributed by atoms with Crippen LogP contribution in [0.2, 0.25) is 0 Å². The predicted octanol–water partition coefficient (Wildman–Crippen LogP) is 9.12. The molecule has 3 nitrogen and oxygen atoms in total. The zero-order valence-corrected chi connectivity index (χ0v) is 24.4. The van der Waals surface area contributed by atoms with E-state index in [1.807, 2.05) is 6.92 Å². The van der Waals surface area contributed by atoms with Crippen LogP contribution in [0.4, 0.5) is 13.2 Å². The van der Waals surface area contributed by atoms with Gasteiger partial charge in [0.25, 0.3) is 0 Å². The molecule has 2 unspecified atom stereocenters. The summed E-state index contributed by atoms with van der Waals surface area (Å²) in [6.45, 7) is 9.13. The lowest BCUT2D eigenvalue weighted by Gasteiger charge is -2.36. The molecule has 0 radical (unpaired) electrons. The molecular weight excluding hydrogens is 501 g/mol. The molecule has 1 N–H and O–H groups in total. The highest BCUT2D eigenvalue weighted by Crippen LogP contribution is 2.42. The van der Waals surface area contributed by atoms with E-state index >= 15 is 8.78 Å². The summed E-state index contributed by atoms with van der Waals surface area (Å²) in [6.07, 6.45) is 13.0. The van der Waals surface area contributed by atoms with Crippen molar-refractivity contribution in [1.82, 2.24) is 0 Å². The van der Waals surface area contributed by atoms with Crippen LogP contribution < -0.4 is 0 Å². The number of hydrogen-bond acceptors (Lipinski definition) is 3. The Balaban J connectivity index is 1.46. The maximum Gasteiger partial charge on any atom is 0.158 e. The van der Waals surface area contributed by atoms with Crippen molar-refractivity contribution in [3.8, 4) is 0 Å². The fourth-order valence-electron chi connectivity index (χ4n) is 7.03. The van der Waals surface area contributed by atoms with E-state index in [0.717, 1.165) is 70.6 Å². The average Bonchev–Trinajstić information content (AvgIpc) is 2.94. The van der Waals surface area contributed by atoms with Crippen molar-refractivity contribution in [2.75, 3.05) is 13.2 Å². The summed E-state index contributed by atoms with van der Waals surface area (Å²) in [6, 6.07) is 0. The average molecular weight is 555 g/mol. The Morgan fingerprint density at radius 1 is 0.949 bits per heavy atom. The Kier molecular flexibility index (Phi) is 14.1. The fraction of sp³-hybridized carbons (Fsp3) is 0.818. The Hall–Kier alpha value is -1.11. The number of hydrogen-bond donors (Lipinski definition) is 1. The summed E-state index contributed by atoms with van der Waals surface area (Å²) in [5.41, 5.74) is 0.436. The zero-order chi connectivity index (χ0) is 28.2. The van der Waals surface area contributed by atoms with Gasteiger partial charge in [-0.2, -0.15) is 0 Å². The van der Waals surface area contributed by atoms with Crippen LogP contribution in [0.3, 0.4) is 0 Å². The van der Waals surface area contributed by atoms with Crippen molar-refractivity contribution in [3.63, 3.8) is 0 Å². The zero-order valence-electron chi connectivity index (χ0n) is 24.4. The second-order valence-corrected chi connectivity index (χ2v) is 12.3. The molecule has 0 aliphatic heterocycles. The highest BCUT2D eigenvalue weighted by molar-refractivity contribution is 5.33. The van der Waals surface area contributed by atoms with Crippen molar-refractivity contribution in [2.45, 2.75) is 135 Å². The number of ether oxygens (including phenoxy) is 2. The number of rotatable bonds is 14. The van der Waals surface area contributed by atoms with Gasteiger partial charge < -0.3 is 14.6 Å². The number of alkyl halides is 1. The van der Waals surface area contributed by atoms with E-state index in [9.17, 15) is 9.50 Å². The van der Waals surface area contributed by atoms with E-state index in [4.69, 9.17) is 9.47 Å². The number of aliphatic hydroxyl groups is 1. The molecule has 0 bridgehead atoms. The Labute approximate surface area is 235 Å². The van der Waals surface area contributed by atoms with E-state index in [-0.39, 0.29) is 36.4 Å². The molecule has 0 spiro atoms. The SMILES string of the molecule is C=C/C=C(\C(F)=C(\F)CC1CCC(OCC)CC1)C1CCC(CC(O)[C@@H]2CC[C@H](OCCCC)C(F)C2)CC1. The smallest absolute Gasteiger partial charge is 0.158 e. The molecule has 3 saturated carbocycles. The van der Waals surface area contributed by atoms with Crippen LogP contribution in [-0.2, 0) is 9.47 Å². The number of unbranched alkanes of at least 4 members (excludes halogenated alkanes) is 1. The number of aliphatic hydroxyl groups excluding tert-OH is 1. The van der Waals surface area contributed by atoms with Crippen LogP contribution in [0.1, 0.15) is 110 Å². The first-order valence-electron chi connectivity index (χ1n) is 15.8. The summed E-state index contributed by atoms with van der Waals surface area (Å²) >= 11 is 0. The van der Waals surface area contributed by atoms with Crippen LogP contribution >= 0.6 is 0 Å². The molecule has 0 saturated heterocycles. The third-order valence-electron chi connectivity index (χ3n) is 9.44. The first kappa shape index (κ1) is 32.4. The van der Waals surface area contributed by atoms with E-state index in [1.54, 1.807) is 12.2 Å². The first-order valence-corrected chi connectivity index (χ1v) is 15.8. The second-order valence-electron chi connectivity index (χ2n) is 12.3. The summed E-state index contributed by atoms with van der Waals surface area (Å²) in [5.74, 6) is -0.903. The highest BCUT2D eigenvalue weighted by atomic mass is 19.2. The summed E-state index contributed by atoms with van der Waals surface area (Å²) in [5, 5.41) is 10.9. The topological polar surface area (TPSA) is 38.7 Å². The van der Waals surface area contributed by atoms with Gasteiger partial charge in [-0.1, -0.05) is 32.1 Å². The van der Waals surface area contributed by atoms with Crippen molar-refractivity contribution < 1.29 is 27.8 Å². The highest BCUT2D eigenvalue weighted by Gasteiger charge is 2.36. The third-order valence-corrected chi connectivity index (χ3v) is 9.44. The standard InChI is InChI=1S/C33H53F3O3/c1-4-7-19-39-32-18-15-26(22-29(32)34)31(37)21-24-9-13-25(14-10-24)28(8-5-2)33(36)30(35)20-23-11-16-27(17-12-23)38-6-3/h5,8,23-27,29,31-32,37H,2,4,6-7,9-22H2,1,3H3/b28-8-,33-30-/t23?,24?,25?,26-,27?,29?,31?,32+/m1/s1. The molecule has 3 fully saturated rings. The second kappa shape index (κ2) is 17.0. The van der Waals surface area contributed by atoms with E-state index in [1.165, 1.54) is 0 Å². The quantitative estimate of drug-likeness (QED) is 0.172. The van der Waals surface area contributed by atoms with Gasteiger partial charge in [-0.15, -0.1) is 0 Å². The molecule has 0 aromatic heterocycles. The van der Waals surface area contributed by atoms with E-state index < -0.39 is 23.9 Å². The Morgan fingerprint density at radius 2 is 1.64 bits per heavy atom. The van der Waals surface area contributed by atoms with Crippen LogP contribution in [0.25, 0.3) is 0 Å². The van der Waals surface area contributed by atoms with Crippen molar-refractivity contribution in [2.24, 2.45) is 23.7 Å². The third kappa shape index (κ3) is 10.0. The van der Waals surface area contributed by atoms with Gasteiger partial charge in [0.2, 0.25) is 0 Å². The lowest BCUT2D eigenvalue weighted by Crippen LogP contribution is -2.38. The monoisotopic (exact) mass is 554 g/mol. The number of allylic oxidation sites excluding steroid dienone is 5. The lowest BCUT2D eigenvalue weighted by atomic mass is 9.73. The molecule has 0 amide bonds. The summed E-state index contributed by atoms with van der Waals surface area (Å²) < 4.78 is 56.6. The maximum atomic E-state index is 15.4. The minimum atomic E-state index is -1.01. The van der Waals surface area contributed by atoms with Crippen molar-refractivity contribution in [3.05, 3.63) is 36.0 Å². The van der Waals surface area contributed by atoms with E-state index in [2.05, 4.69) is 13.5 Å². The predicted molar refractivity (Wildman–Crippen MR) is 152 cm³/mol. The van der Waals surface area contributed by atoms with Gasteiger partial charge in [-0.25, -0.2) is 13.2 Å². The summed E-state index contributed by atoms with van der Waals surface area (Å²) in [7, 11) is 0. The summed E-state index contributed by atoms with van der Waals surface area (Å²) in [4.78, 5) is 0. The van der Waals surface area contributed by atoms with Gasteiger partial charge >= 0.3 is 0 Å². The van der Waals surface area contributed by atoms with Crippen LogP contribution in [-0.4, -0.2) is 42.8 Å². The van der Waals surface area contributed by atoms with Gasteiger partial charge in [0.15, 0.2) is 5.83 Å². The molecule has 3 aliphatic carbocycles. The molecule has 4 atom stereocenters. The molecule has 3 rings (SSSR count). The van der Waals surface area contributed by atoms with Gasteiger partial charge in [-0.3, -0.25) is 0 Å². The van der Waals surface area contributed by atoms with Crippen molar-refractivity contribution in [1.29, 1.82) is 0 Å². The van der Waals surface area contributed by atoms with E-state index in [0.29, 0.717) is 44.0 Å². The van der Waals surface area contributed by atoms with Crippen LogP contribution in [0.15, 0.2) is 36.0 Å². The van der Waals surface area contributed by atoms with Crippen LogP contribution in [0, 0.1) is 23.7 Å². The van der Waals surface area contributed by atoms with Gasteiger partial charge in [-0.05, 0) is 120 Å². The fourth-order valence-corrected chi connectivity index (χ4v) is 7.03. The largest absolute Gasteiger partial charge is 0.393 e.